The molecule has 0 spiro atoms. The van der Waals surface area contributed by atoms with Crippen LogP contribution in [-0.2, 0) is 0 Å². The summed E-state index contributed by atoms with van der Waals surface area (Å²) in [5.74, 6) is 0. The van der Waals surface area contributed by atoms with Crippen LogP contribution in [-0.4, -0.2) is 62.2 Å². The van der Waals surface area contributed by atoms with Crippen LogP contribution >= 0.6 is 69.6 Å². The molecule has 4 N–H and O–H groups in total. The average molecular weight is 552 g/mol. The number of fused-ring (bicyclic) bond motifs is 1. The molecule has 0 saturated heterocycles. The van der Waals surface area contributed by atoms with Gasteiger partial charge in [0.25, 0.3) is 0 Å². The van der Waals surface area contributed by atoms with E-state index < -0.39 is 6.03 Å². The lowest BCUT2D eigenvalue weighted by Crippen LogP contribution is -2.28. The number of nitrogens with zero attached hydrogens (tertiary/aromatic N) is 2. The van der Waals surface area contributed by atoms with Crippen molar-refractivity contribution in [2.75, 3.05) is 32.7 Å². The van der Waals surface area contributed by atoms with Crippen molar-refractivity contribution in [3.8, 4) is 0 Å². The first kappa shape index (κ1) is 31.1. The van der Waals surface area contributed by atoms with Gasteiger partial charge in [-0.3, -0.25) is 0 Å². The van der Waals surface area contributed by atoms with E-state index >= 15 is 0 Å². The molecule has 2 amide bonds. The molecular weight excluding hydrogens is 519 g/mol. The third-order valence-electron chi connectivity index (χ3n) is 3.90. The van der Waals surface area contributed by atoms with Crippen LogP contribution in [0.5, 0.6) is 0 Å². The Morgan fingerprint density at radius 1 is 1.00 bits per heavy atom. The molecule has 1 aromatic heterocycles. The van der Waals surface area contributed by atoms with Gasteiger partial charge in [-0.2, -0.15) is 0 Å². The van der Waals surface area contributed by atoms with Crippen molar-refractivity contribution in [1.82, 2.24) is 20.1 Å². The highest BCUT2D eigenvalue weighted by atomic mass is 33.1. The van der Waals surface area contributed by atoms with Crippen molar-refractivity contribution in [2.45, 2.75) is 34.6 Å². The van der Waals surface area contributed by atoms with E-state index in [4.69, 9.17) is 36.7 Å². The second-order valence-electron chi connectivity index (χ2n) is 5.95. The number of aromatic amines is 1. The molecule has 0 unspecified atom stereocenters. The SMILES string of the molecule is CCN(CC)C(=S)SSC(=S)N(CC)CC.CCNC(N)=O.S=c1[nH]c2ccccc2s1. The number of thiocarbonyl (C=S) groups is 2. The Kier molecular flexibility index (Phi) is 18.0. The van der Waals surface area contributed by atoms with Crippen molar-refractivity contribution in [3.05, 3.63) is 28.2 Å². The first-order valence-electron chi connectivity index (χ1n) is 10.3. The van der Waals surface area contributed by atoms with Gasteiger partial charge in [0.2, 0.25) is 0 Å². The Morgan fingerprint density at radius 3 is 1.81 bits per heavy atom. The molecule has 2 rings (SSSR count). The van der Waals surface area contributed by atoms with E-state index in [-0.39, 0.29) is 0 Å². The Bertz CT molecular complexity index is 816. The molecule has 0 fully saturated rings. The summed E-state index contributed by atoms with van der Waals surface area (Å²) in [6, 6.07) is 7.65. The highest BCUT2D eigenvalue weighted by Crippen LogP contribution is 2.28. The summed E-state index contributed by atoms with van der Waals surface area (Å²) in [4.78, 5) is 17.1. The molecule has 6 nitrogen and oxygen atoms in total. The smallest absolute Gasteiger partial charge is 0.312 e. The van der Waals surface area contributed by atoms with E-state index in [1.807, 2.05) is 25.1 Å². The molecule has 0 radical (unpaired) electrons. The molecule has 180 valence electrons. The van der Waals surface area contributed by atoms with Crippen molar-refractivity contribution < 1.29 is 4.79 Å². The molecule has 2 aromatic rings. The lowest BCUT2D eigenvalue weighted by molar-refractivity contribution is 0.249. The highest BCUT2D eigenvalue weighted by molar-refractivity contribution is 8.89. The van der Waals surface area contributed by atoms with E-state index in [0.717, 1.165) is 44.3 Å². The topological polar surface area (TPSA) is 77.4 Å². The van der Waals surface area contributed by atoms with E-state index in [2.05, 4.69) is 59.6 Å². The third kappa shape index (κ3) is 12.9. The van der Waals surface area contributed by atoms with E-state index in [0.29, 0.717) is 6.54 Å². The Hall–Kier alpha value is -0.920. The number of hydrogen-bond acceptors (Lipinski definition) is 7. The third-order valence-corrected chi connectivity index (χ3v) is 8.85. The summed E-state index contributed by atoms with van der Waals surface area (Å²) >= 11 is 17.3. The van der Waals surface area contributed by atoms with Crippen molar-refractivity contribution in [3.63, 3.8) is 0 Å². The lowest BCUT2D eigenvalue weighted by atomic mass is 10.3. The standard InChI is InChI=1S/C10H20N2S4.C7H5NS2.C3H8N2O/c1-5-11(6-2)9(13)15-16-10(14)12(7-3)8-4;9-7-8-5-3-1-2-4-6(5)10-7;1-2-5-3(4)6/h5-8H2,1-4H3;1-4H,(H,8,9);2H2,1H3,(H3,4,5,6). The normalized spacial score (nSPS) is 9.66. The van der Waals surface area contributed by atoms with Crippen molar-refractivity contribution >= 4 is 94.5 Å². The summed E-state index contributed by atoms with van der Waals surface area (Å²) in [6.07, 6.45) is 0. The number of urea groups is 1. The number of thiazole rings is 1. The van der Waals surface area contributed by atoms with Gasteiger partial charge in [-0.05, 0) is 80.6 Å². The number of aromatic nitrogens is 1. The Labute approximate surface area is 219 Å². The second-order valence-corrected chi connectivity index (χ2v) is 11.1. The highest BCUT2D eigenvalue weighted by Gasteiger charge is 2.11. The summed E-state index contributed by atoms with van der Waals surface area (Å²) in [6.45, 7) is 14.7. The van der Waals surface area contributed by atoms with Gasteiger partial charge in [-0.15, -0.1) is 11.3 Å². The minimum atomic E-state index is -0.461. The predicted molar refractivity (Wildman–Crippen MR) is 156 cm³/mol. The molecule has 0 aliphatic rings. The number of benzene rings is 1. The summed E-state index contributed by atoms with van der Waals surface area (Å²) in [7, 11) is 3.18. The van der Waals surface area contributed by atoms with Gasteiger partial charge in [0.15, 0.2) is 3.95 Å². The molecule has 0 atom stereocenters. The maximum atomic E-state index is 9.71. The largest absolute Gasteiger partial charge is 0.357 e. The van der Waals surface area contributed by atoms with Gasteiger partial charge in [0.05, 0.1) is 10.2 Å². The molecule has 0 saturated carbocycles. The summed E-state index contributed by atoms with van der Waals surface area (Å²) in [5, 5.41) is 2.35. The average Bonchev–Trinajstić information content (AvgIpc) is 3.15. The fourth-order valence-corrected chi connectivity index (χ4v) is 6.38. The first-order chi connectivity index (χ1) is 15.2. The van der Waals surface area contributed by atoms with Crippen LogP contribution < -0.4 is 11.1 Å². The molecule has 0 bridgehead atoms. The number of nitrogens with two attached hydrogens (primary N) is 1. The van der Waals surface area contributed by atoms with Crippen LogP contribution in [0.15, 0.2) is 24.3 Å². The zero-order chi connectivity index (χ0) is 24.5. The van der Waals surface area contributed by atoms with Crippen LogP contribution in [0.3, 0.4) is 0 Å². The number of hydrogen-bond donors (Lipinski definition) is 3. The lowest BCUT2D eigenvalue weighted by Gasteiger charge is -2.23. The van der Waals surface area contributed by atoms with Crippen LogP contribution in [0.25, 0.3) is 10.2 Å². The van der Waals surface area contributed by atoms with Crippen molar-refractivity contribution in [2.24, 2.45) is 5.73 Å². The number of primary amides is 1. The van der Waals surface area contributed by atoms with E-state index in [1.165, 1.54) is 4.70 Å². The minimum absolute atomic E-state index is 0.461. The zero-order valence-corrected chi connectivity index (χ0v) is 24.1. The fraction of sp³-hybridized carbons (Fsp3) is 0.500. The van der Waals surface area contributed by atoms with Gasteiger partial charge in [0, 0.05) is 32.7 Å². The minimum Gasteiger partial charge on any atom is -0.357 e. The number of H-pyrrole nitrogens is 1. The van der Waals surface area contributed by atoms with Gasteiger partial charge < -0.3 is 25.8 Å². The van der Waals surface area contributed by atoms with Crippen LogP contribution in [0.1, 0.15) is 34.6 Å². The van der Waals surface area contributed by atoms with E-state index in [1.54, 1.807) is 32.9 Å². The first-order valence-corrected chi connectivity index (χ1v) is 14.5. The summed E-state index contributed by atoms with van der Waals surface area (Å²) < 4.78 is 3.92. The molecule has 12 heteroatoms. The molecule has 0 aliphatic heterocycles. The van der Waals surface area contributed by atoms with Gasteiger partial charge >= 0.3 is 6.03 Å². The van der Waals surface area contributed by atoms with Gasteiger partial charge in [-0.1, -0.05) is 36.6 Å². The van der Waals surface area contributed by atoms with Crippen LogP contribution in [0.4, 0.5) is 4.79 Å². The number of carbonyl (C=O) groups excluding carboxylic acids is 1. The fourth-order valence-electron chi connectivity index (χ4n) is 2.21. The van der Waals surface area contributed by atoms with Crippen LogP contribution in [0.2, 0.25) is 0 Å². The number of amides is 2. The molecule has 1 heterocycles. The second kappa shape index (κ2) is 18.5. The Balaban J connectivity index is 0.000000505. The zero-order valence-electron chi connectivity index (χ0n) is 19.2. The van der Waals surface area contributed by atoms with Crippen molar-refractivity contribution in [1.29, 1.82) is 0 Å². The van der Waals surface area contributed by atoms with Gasteiger partial charge in [-0.25, -0.2) is 4.79 Å². The van der Waals surface area contributed by atoms with Crippen LogP contribution in [0, 0.1) is 3.95 Å². The number of para-hydroxylation sites is 1. The van der Waals surface area contributed by atoms with E-state index in [9.17, 15) is 4.79 Å². The molecular formula is C20H33N5OS6. The predicted octanol–water partition coefficient (Wildman–Crippen LogP) is 6.25. The maximum absolute atomic E-state index is 9.71. The quantitative estimate of drug-likeness (QED) is 0.297. The molecule has 32 heavy (non-hydrogen) atoms. The molecule has 1 aromatic carbocycles. The molecule has 0 aliphatic carbocycles. The monoisotopic (exact) mass is 551 g/mol. The maximum Gasteiger partial charge on any atom is 0.312 e. The number of nitrogens with one attached hydrogen (secondary N) is 2. The van der Waals surface area contributed by atoms with Gasteiger partial charge in [0.1, 0.15) is 8.64 Å². The number of rotatable bonds is 5. The summed E-state index contributed by atoms with van der Waals surface area (Å²) in [5.41, 5.74) is 5.79. The Morgan fingerprint density at radius 2 is 1.47 bits per heavy atom. The number of carbonyl (C=O) groups is 1.